The van der Waals surface area contributed by atoms with E-state index in [-0.39, 0.29) is 37.9 Å². The van der Waals surface area contributed by atoms with Gasteiger partial charge in [0, 0.05) is 55.9 Å². The third kappa shape index (κ3) is 4.89. The number of hydrogen-bond acceptors (Lipinski definition) is 4. The second-order valence-electron chi connectivity index (χ2n) is 7.23. The molecule has 1 aliphatic heterocycles. The molecule has 8 heteroatoms. The van der Waals surface area contributed by atoms with Crippen molar-refractivity contribution in [1.29, 1.82) is 0 Å². The molecule has 1 aliphatic rings. The number of amides is 1. The molecule has 3 heterocycles. The van der Waals surface area contributed by atoms with Gasteiger partial charge in [0.2, 0.25) is 0 Å². The second-order valence-corrected chi connectivity index (χ2v) is 7.23. The highest BCUT2D eigenvalue weighted by molar-refractivity contribution is 5.94. The fourth-order valence-corrected chi connectivity index (χ4v) is 3.47. The number of alkyl halides is 3. The molecule has 4 rings (SSSR count). The van der Waals surface area contributed by atoms with Crippen LogP contribution in [0.1, 0.15) is 27.0 Å². The Kier molecular flexibility index (Phi) is 6.08. The van der Waals surface area contributed by atoms with Crippen LogP contribution in [0, 0.1) is 11.8 Å². The number of carbonyl (C=O) groups is 1. The minimum absolute atomic E-state index is 0.105. The van der Waals surface area contributed by atoms with Crippen LogP contribution in [0.2, 0.25) is 0 Å². The van der Waals surface area contributed by atoms with Crippen LogP contribution in [0.5, 0.6) is 0 Å². The van der Waals surface area contributed by atoms with E-state index in [9.17, 15) is 18.0 Å². The van der Waals surface area contributed by atoms with Crippen LogP contribution in [0.15, 0.2) is 67.1 Å². The largest absolute Gasteiger partial charge is 0.419 e. The highest BCUT2D eigenvalue weighted by Crippen LogP contribution is 2.35. The van der Waals surface area contributed by atoms with Gasteiger partial charge in [-0.15, -0.1) is 0 Å². The third-order valence-electron chi connectivity index (χ3n) is 5.07. The minimum Gasteiger partial charge on any atom is -0.353 e. The summed E-state index contributed by atoms with van der Waals surface area (Å²) in [5.74, 6) is 5.70. The van der Waals surface area contributed by atoms with Crippen LogP contribution in [0.3, 0.4) is 0 Å². The molecule has 1 saturated heterocycles. The Balaban J connectivity index is 1.44. The van der Waals surface area contributed by atoms with E-state index in [0.29, 0.717) is 11.1 Å². The second kappa shape index (κ2) is 9.10. The molecule has 0 aliphatic carbocycles. The van der Waals surface area contributed by atoms with Gasteiger partial charge in [-0.2, -0.15) is 13.2 Å². The van der Waals surface area contributed by atoms with Crippen molar-refractivity contribution in [2.75, 3.05) is 31.1 Å². The standard InChI is InChI=1S/C24H19F3N4O/c25-24(26,27)21-7-4-10-29-22(21)30-11-13-31(14-12-30)23(32)20-15-19(16-28-17-20)9-8-18-5-2-1-3-6-18/h1-7,10,15-17H,11-14H2. The number of carbonyl (C=O) groups excluding carboxylic acids is 1. The molecule has 162 valence electrons. The molecular weight excluding hydrogens is 417 g/mol. The lowest BCUT2D eigenvalue weighted by atomic mass is 10.1. The van der Waals surface area contributed by atoms with E-state index in [1.807, 2.05) is 30.3 Å². The molecule has 0 saturated carbocycles. The molecule has 0 atom stereocenters. The lowest BCUT2D eigenvalue weighted by molar-refractivity contribution is -0.137. The molecule has 3 aromatic rings. The first-order chi connectivity index (χ1) is 15.4. The van der Waals surface area contributed by atoms with Gasteiger partial charge in [-0.3, -0.25) is 9.78 Å². The first-order valence-electron chi connectivity index (χ1n) is 10.0. The molecule has 5 nitrogen and oxygen atoms in total. The minimum atomic E-state index is -4.48. The summed E-state index contributed by atoms with van der Waals surface area (Å²) >= 11 is 0. The zero-order chi connectivity index (χ0) is 22.6. The average molecular weight is 436 g/mol. The first kappa shape index (κ1) is 21.4. The molecule has 1 fully saturated rings. The Morgan fingerprint density at radius 1 is 0.906 bits per heavy atom. The zero-order valence-electron chi connectivity index (χ0n) is 17.0. The highest BCUT2D eigenvalue weighted by atomic mass is 19.4. The Morgan fingerprint density at radius 3 is 2.34 bits per heavy atom. The fraction of sp³-hybridized carbons (Fsp3) is 0.208. The maximum Gasteiger partial charge on any atom is 0.419 e. The molecule has 2 aromatic heterocycles. The average Bonchev–Trinajstić information content (AvgIpc) is 2.83. The van der Waals surface area contributed by atoms with Crippen LogP contribution >= 0.6 is 0 Å². The highest BCUT2D eigenvalue weighted by Gasteiger charge is 2.36. The number of pyridine rings is 2. The summed E-state index contributed by atoms with van der Waals surface area (Å²) in [4.78, 5) is 24.1. The van der Waals surface area contributed by atoms with Gasteiger partial charge in [0.15, 0.2) is 0 Å². The van der Waals surface area contributed by atoms with Crippen molar-refractivity contribution in [2.45, 2.75) is 6.18 Å². The van der Waals surface area contributed by atoms with Crippen molar-refractivity contribution >= 4 is 11.7 Å². The van der Waals surface area contributed by atoms with Gasteiger partial charge in [-0.25, -0.2) is 4.98 Å². The number of nitrogens with zero attached hydrogens (tertiary/aromatic N) is 4. The summed E-state index contributed by atoms with van der Waals surface area (Å²) in [5.41, 5.74) is 1.09. The monoisotopic (exact) mass is 436 g/mol. The Bertz CT molecular complexity index is 1160. The topological polar surface area (TPSA) is 49.3 Å². The van der Waals surface area contributed by atoms with Crippen LogP contribution in [0.4, 0.5) is 19.0 Å². The van der Waals surface area contributed by atoms with E-state index >= 15 is 0 Å². The number of rotatable bonds is 2. The molecule has 1 amide bonds. The van der Waals surface area contributed by atoms with E-state index in [1.165, 1.54) is 18.5 Å². The lowest BCUT2D eigenvalue weighted by Crippen LogP contribution is -2.49. The Labute approximate surface area is 183 Å². The van der Waals surface area contributed by atoms with E-state index < -0.39 is 11.7 Å². The Hall–Kier alpha value is -3.86. The van der Waals surface area contributed by atoms with Crippen LogP contribution < -0.4 is 4.90 Å². The van der Waals surface area contributed by atoms with Crippen molar-refractivity contribution in [3.05, 3.63) is 89.4 Å². The lowest BCUT2D eigenvalue weighted by Gasteiger charge is -2.36. The number of benzene rings is 1. The maximum atomic E-state index is 13.3. The summed E-state index contributed by atoms with van der Waals surface area (Å²) in [7, 11) is 0. The predicted molar refractivity (Wildman–Crippen MR) is 114 cm³/mol. The fourth-order valence-electron chi connectivity index (χ4n) is 3.47. The summed E-state index contributed by atoms with van der Waals surface area (Å²) < 4.78 is 39.9. The molecule has 0 spiro atoms. The number of hydrogen-bond donors (Lipinski definition) is 0. The quantitative estimate of drug-likeness (QED) is 0.573. The summed E-state index contributed by atoms with van der Waals surface area (Å²) in [5, 5.41) is 0. The number of halogens is 3. The zero-order valence-corrected chi connectivity index (χ0v) is 17.0. The van der Waals surface area contributed by atoms with Gasteiger partial charge < -0.3 is 9.80 Å². The molecule has 0 N–H and O–H groups in total. The number of aromatic nitrogens is 2. The van der Waals surface area contributed by atoms with Crippen LogP contribution in [0.25, 0.3) is 0 Å². The van der Waals surface area contributed by atoms with E-state index in [2.05, 4.69) is 21.8 Å². The normalized spacial score (nSPS) is 14.0. The smallest absolute Gasteiger partial charge is 0.353 e. The van der Waals surface area contributed by atoms with Crippen LogP contribution in [-0.2, 0) is 6.18 Å². The SMILES string of the molecule is O=C(c1cncc(C#Cc2ccccc2)c1)N1CCN(c2ncccc2C(F)(F)F)CC1. The molecule has 1 aromatic carbocycles. The maximum absolute atomic E-state index is 13.3. The molecular formula is C24H19F3N4O. The van der Waals surface area contributed by atoms with Gasteiger partial charge in [-0.1, -0.05) is 30.0 Å². The van der Waals surface area contributed by atoms with Crippen molar-refractivity contribution in [1.82, 2.24) is 14.9 Å². The molecule has 0 unspecified atom stereocenters. The van der Waals surface area contributed by atoms with Crippen molar-refractivity contribution in [3.63, 3.8) is 0 Å². The van der Waals surface area contributed by atoms with E-state index in [0.717, 1.165) is 11.6 Å². The van der Waals surface area contributed by atoms with Gasteiger partial charge >= 0.3 is 6.18 Å². The number of anilines is 1. The number of piperazine rings is 1. The van der Waals surface area contributed by atoms with Gasteiger partial charge in [-0.05, 0) is 30.3 Å². The molecule has 0 bridgehead atoms. The summed E-state index contributed by atoms with van der Waals surface area (Å²) in [6.07, 6.45) is -0.0769. The van der Waals surface area contributed by atoms with Gasteiger partial charge in [0.1, 0.15) is 5.82 Å². The van der Waals surface area contributed by atoms with Crippen LogP contribution in [-0.4, -0.2) is 47.0 Å². The van der Waals surface area contributed by atoms with Crippen molar-refractivity contribution in [3.8, 4) is 11.8 Å². The predicted octanol–water partition coefficient (Wildman–Crippen LogP) is 3.86. The molecule has 0 radical (unpaired) electrons. The van der Waals surface area contributed by atoms with E-state index in [1.54, 1.807) is 22.1 Å². The first-order valence-corrected chi connectivity index (χ1v) is 10.0. The van der Waals surface area contributed by atoms with Crippen molar-refractivity contribution < 1.29 is 18.0 Å². The molecule has 32 heavy (non-hydrogen) atoms. The summed E-state index contributed by atoms with van der Waals surface area (Å²) in [6, 6.07) is 13.4. The third-order valence-corrected chi connectivity index (χ3v) is 5.07. The Morgan fingerprint density at radius 2 is 1.62 bits per heavy atom. The van der Waals surface area contributed by atoms with Gasteiger partial charge in [0.25, 0.3) is 5.91 Å². The van der Waals surface area contributed by atoms with Gasteiger partial charge in [0.05, 0.1) is 11.1 Å². The summed E-state index contributed by atoms with van der Waals surface area (Å²) in [6.45, 7) is 1.08. The van der Waals surface area contributed by atoms with E-state index in [4.69, 9.17) is 0 Å². The van der Waals surface area contributed by atoms with Crippen molar-refractivity contribution in [2.24, 2.45) is 0 Å².